The zero-order chi connectivity index (χ0) is 14.7. The van der Waals surface area contributed by atoms with Crippen LogP contribution in [-0.4, -0.2) is 17.4 Å². The van der Waals surface area contributed by atoms with Crippen molar-refractivity contribution in [1.82, 2.24) is 5.32 Å². The Balaban J connectivity index is 2.03. The summed E-state index contributed by atoms with van der Waals surface area (Å²) in [5.41, 5.74) is 5.20. The van der Waals surface area contributed by atoms with Gasteiger partial charge in [0.25, 0.3) is 11.6 Å². The topological polar surface area (TPSA) is 98.3 Å². The van der Waals surface area contributed by atoms with Crippen LogP contribution >= 0.6 is 11.6 Å². The molecule has 7 heteroatoms. The molecular weight excluding hydrogens is 282 g/mol. The first kappa shape index (κ1) is 14.6. The predicted octanol–water partition coefficient (Wildman–Crippen LogP) is 2.75. The Morgan fingerprint density at radius 2 is 2.20 bits per heavy atom. The van der Waals surface area contributed by atoms with E-state index in [0.29, 0.717) is 12.5 Å². The first-order chi connectivity index (χ1) is 9.49. The fourth-order valence-corrected chi connectivity index (χ4v) is 2.37. The number of nitro groups is 1. The van der Waals surface area contributed by atoms with Crippen molar-refractivity contribution in [2.45, 2.75) is 25.7 Å². The van der Waals surface area contributed by atoms with Crippen LogP contribution in [0.2, 0.25) is 5.02 Å². The Morgan fingerprint density at radius 1 is 1.50 bits per heavy atom. The number of rotatable bonds is 5. The average molecular weight is 298 g/mol. The first-order valence-electron chi connectivity index (χ1n) is 6.50. The van der Waals surface area contributed by atoms with Gasteiger partial charge in [-0.25, -0.2) is 0 Å². The van der Waals surface area contributed by atoms with Gasteiger partial charge >= 0.3 is 0 Å². The van der Waals surface area contributed by atoms with Crippen LogP contribution in [0.5, 0.6) is 0 Å². The van der Waals surface area contributed by atoms with Gasteiger partial charge in [0.05, 0.1) is 9.95 Å². The van der Waals surface area contributed by atoms with Crippen molar-refractivity contribution in [1.29, 1.82) is 0 Å². The molecular formula is C13H16ClN3O3. The predicted molar refractivity (Wildman–Crippen MR) is 76.8 cm³/mol. The van der Waals surface area contributed by atoms with E-state index in [1.165, 1.54) is 25.3 Å². The molecule has 3 N–H and O–H groups in total. The Labute approximate surface area is 121 Å². The molecule has 0 atom stereocenters. The van der Waals surface area contributed by atoms with Crippen LogP contribution in [0.3, 0.4) is 0 Å². The van der Waals surface area contributed by atoms with E-state index >= 15 is 0 Å². The van der Waals surface area contributed by atoms with Gasteiger partial charge in [0, 0.05) is 18.2 Å². The second-order valence-corrected chi connectivity index (χ2v) is 5.40. The molecule has 1 saturated carbocycles. The third-order valence-corrected chi connectivity index (χ3v) is 3.94. The largest absolute Gasteiger partial charge is 0.392 e. The molecule has 6 nitrogen and oxygen atoms in total. The van der Waals surface area contributed by atoms with Crippen LogP contribution < -0.4 is 11.1 Å². The van der Waals surface area contributed by atoms with Crippen molar-refractivity contribution in [3.05, 3.63) is 32.8 Å². The lowest BCUT2D eigenvalue weighted by Crippen LogP contribution is -2.27. The molecule has 1 aromatic carbocycles. The van der Waals surface area contributed by atoms with Gasteiger partial charge in [-0.1, -0.05) is 30.9 Å². The number of hydrogen-bond acceptors (Lipinski definition) is 4. The van der Waals surface area contributed by atoms with Gasteiger partial charge in [-0.2, -0.15) is 0 Å². The molecule has 20 heavy (non-hydrogen) atoms. The molecule has 0 unspecified atom stereocenters. The monoisotopic (exact) mass is 297 g/mol. The lowest BCUT2D eigenvalue weighted by molar-refractivity contribution is -0.383. The quantitative estimate of drug-likeness (QED) is 0.496. The maximum absolute atomic E-state index is 11.9. The molecule has 1 aliphatic rings. The molecule has 1 fully saturated rings. The van der Waals surface area contributed by atoms with Crippen LogP contribution in [0.15, 0.2) is 12.1 Å². The van der Waals surface area contributed by atoms with Crippen molar-refractivity contribution >= 4 is 28.9 Å². The molecule has 0 heterocycles. The third-order valence-electron chi connectivity index (χ3n) is 3.63. The number of nitrogen functional groups attached to an aromatic ring is 1. The zero-order valence-electron chi connectivity index (χ0n) is 10.9. The number of hydrogen-bond donors (Lipinski definition) is 2. The number of anilines is 1. The summed E-state index contributed by atoms with van der Waals surface area (Å²) >= 11 is 5.81. The fraction of sp³-hybridized carbons (Fsp3) is 0.462. The summed E-state index contributed by atoms with van der Waals surface area (Å²) in [7, 11) is 0. The van der Waals surface area contributed by atoms with E-state index in [0.717, 1.165) is 12.5 Å². The number of nitro benzene ring substituents is 1. The second kappa shape index (κ2) is 6.09. The number of carbonyl (C=O) groups is 1. The molecule has 2 rings (SSSR count). The molecule has 0 spiro atoms. The van der Waals surface area contributed by atoms with Gasteiger partial charge in [-0.3, -0.25) is 14.9 Å². The average Bonchev–Trinajstić information content (AvgIpc) is 2.34. The molecule has 1 aliphatic carbocycles. The SMILES string of the molecule is Nc1c(Cl)cc(C(=O)NCCC2CCC2)cc1[N+](=O)[O-]. The number of halogens is 1. The molecule has 0 aromatic heterocycles. The first-order valence-corrected chi connectivity index (χ1v) is 6.88. The van der Waals surface area contributed by atoms with E-state index in [1.54, 1.807) is 0 Å². The second-order valence-electron chi connectivity index (χ2n) is 4.99. The number of amides is 1. The Bertz CT molecular complexity index is 544. The molecule has 108 valence electrons. The minimum atomic E-state index is -0.646. The molecule has 1 amide bonds. The van der Waals surface area contributed by atoms with Crippen LogP contribution in [0.4, 0.5) is 11.4 Å². The highest BCUT2D eigenvalue weighted by molar-refractivity contribution is 6.34. The lowest BCUT2D eigenvalue weighted by atomic mass is 9.83. The van der Waals surface area contributed by atoms with Gasteiger partial charge in [-0.05, 0) is 18.4 Å². The van der Waals surface area contributed by atoms with Gasteiger partial charge in [0.2, 0.25) is 0 Å². The van der Waals surface area contributed by atoms with Gasteiger partial charge in [-0.15, -0.1) is 0 Å². The van der Waals surface area contributed by atoms with E-state index in [-0.39, 0.29) is 27.9 Å². The third kappa shape index (κ3) is 3.19. The fourth-order valence-electron chi connectivity index (χ4n) is 2.16. The summed E-state index contributed by atoms with van der Waals surface area (Å²) in [6.07, 6.45) is 4.64. The number of nitrogens with two attached hydrogens (primary N) is 1. The van der Waals surface area contributed by atoms with Crippen molar-refractivity contribution in [2.75, 3.05) is 12.3 Å². The highest BCUT2D eigenvalue weighted by atomic mass is 35.5. The maximum Gasteiger partial charge on any atom is 0.294 e. The van der Waals surface area contributed by atoms with Crippen LogP contribution in [0, 0.1) is 16.0 Å². The summed E-state index contributed by atoms with van der Waals surface area (Å²) in [5, 5.41) is 13.6. The number of nitrogens with zero attached hydrogens (tertiary/aromatic N) is 1. The van der Waals surface area contributed by atoms with E-state index in [4.69, 9.17) is 17.3 Å². The van der Waals surface area contributed by atoms with Crippen molar-refractivity contribution < 1.29 is 9.72 Å². The number of carbonyl (C=O) groups excluding carboxylic acids is 1. The van der Waals surface area contributed by atoms with E-state index in [1.807, 2.05) is 0 Å². The van der Waals surface area contributed by atoms with Crippen molar-refractivity contribution in [3.63, 3.8) is 0 Å². The Kier molecular flexibility index (Phi) is 4.44. The maximum atomic E-state index is 11.9. The molecule has 0 saturated heterocycles. The summed E-state index contributed by atoms with van der Waals surface area (Å²) < 4.78 is 0. The molecule has 0 radical (unpaired) electrons. The van der Waals surface area contributed by atoms with Crippen molar-refractivity contribution in [3.8, 4) is 0 Å². The minimum Gasteiger partial charge on any atom is -0.392 e. The minimum absolute atomic E-state index is 0.0170. The van der Waals surface area contributed by atoms with Crippen LogP contribution in [-0.2, 0) is 0 Å². The molecule has 0 aliphatic heterocycles. The normalized spacial score (nSPS) is 14.7. The Hall–Kier alpha value is -1.82. The van der Waals surface area contributed by atoms with Gasteiger partial charge < -0.3 is 11.1 Å². The zero-order valence-corrected chi connectivity index (χ0v) is 11.7. The summed E-state index contributed by atoms with van der Waals surface area (Å²) in [6, 6.07) is 2.50. The lowest BCUT2D eigenvalue weighted by Gasteiger charge is -2.25. The summed E-state index contributed by atoms with van der Waals surface area (Å²) in [6.45, 7) is 0.569. The number of benzene rings is 1. The van der Waals surface area contributed by atoms with Crippen LogP contribution in [0.1, 0.15) is 36.0 Å². The van der Waals surface area contributed by atoms with Crippen molar-refractivity contribution in [2.24, 2.45) is 5.92 Å². The van der Waals surface area contributed by atoms with E-state index in [2.05, 4.69) is 5.32 Å². The molecule has 1 aromatic rings. The highest BCUT2D eigenvalue weighted by Gasteiger charge is 2.20. The van der Waals surface area contributed by atoms with E-state index < -0.39 is 4.92 Å². The standard InChI is InChI=1S/C13H16ClN3O3/c14-10-6-9(7-11(12(10)15)17(19)20)13(18)16-5-4-8-2-1-3-8/h6-8H,1-5,15H2,(H,16,18). The molecule has 0 bridgehead atoms. The van der Waals surface area contributed by atoms with E-state index in [9.17, 15) is 14.9 Å². The highest BCUT2D eigenvalue weighted by Crippen LogP contribution is 2.31. The van der Waals surface area contributed by atoms with Gasteiger partial charge in [0.15, 0.2) is 0 Å². The van der Waals surface area contributed by atoms with Gasteiger partial charge in [0.1, 0.15) is 5.69 Å². The summed E-state index contributed by atoms with van der Waals surface area (Å²) in [4.78, 5) is 22.1. The Morgan fingerprint density at radius 3 is 2.75 bits per heavy atom. The smallest absolute Gasteiger partial charge is 0.294 e. The number of nitrogens with one attached hydrogen (secondary N) is 1. The summed E-state index contributed by atoms with van der Waals surface area (Å²) in [5.74, 6) is 0.328. The van der Waals surface area contributed by atoms with Crippen LogP contribution in [0.25, 0.3) is 0 Å².